The fraction of sp³-hybridized carbons (Fsp3) is 0.345. The molecular formula is C29H33NO3. The fourth-order valence-electron chi connectivity index (χ4n) is 4.46. The number of rotatable bonds is 6. The molecule has 1 fully saturated rings. The molecule has 1 aliphatic heterocycles. The van der Waals surface area contributed by atoms with Gasteiger partial charge >= 0.3 is 5.97 Å². The monoisotopic (exact) mass is 443 g/mol. The molecule has 1 atom stereocenters. The molecule has 0 aliphatic carbocycles. The molecule has 3 aromatic carbocycles. The van der Waals surface area contributed by atoms with Gasteiger partial charge in [-0.3, -0.25) is 0 Å². The molecule has 4 rings (SSSR count). The lowest BCUT2D eigenvalue weighted by atomic mass is 9.90. The summed E-state index contributed by atoms with van der Waals surface area (Å²) in [5, 5.41) is 9.38. The van der Waals surface area contributed by atoms with E-state index in [9.17, 15) is 9.90 Å². The molecule has 1 heterocycles. The molecule has 1 N–H and O–H groups in total. The lowest BCUT2D eigenvalue weighted by Gasteiger charge is -2.35. The summed E-state index contributed by atoms with van der Waals surface area (Å²) >= 11 is 0. The Kier molecular flexibility index (Phi) is 6.46. The van der Waals surface area contributed by atoms with Crippen LogP contribution in [0.3, 0.4) is 0 Å². The fourth-order valence-corrected chi connectivity index (χ4v) is 4.46. The van der Waals surface area contributed by atoms with Crippen molar-refractivity contribution in [3.05, 3.63) is 83.4 Å². The van der Waals surface area contributed by atoms with E-state index in [-0.39, 0.29) is 0 Å². The minimum atomic E-state index is -1.26. The van der Waals surface area contributed by atoms with Crippen LogP contribution in [0.15, 0.2) is 66.7 Å². The normalized spacial score (nSPS) is 16.5. The molecule has 0 spiro atoms. The Morgan fingerprint density at radius 2 is 1.73 bits per heavy atom. The number of hydrogen-bond acceptors (Lipinski definition) is 3. The molecule has 0 saturated carbocycles. The van der Waals surface area contributed by atoms with E-state index in [1.54, 1.807) is 13.8 Å². The third-order valence-electron chi connectivity index (χ3n) is 6.69. The van der Waals surface area contributed by atoms with Gasteiger partial charge in [0.2, 0.25) is 0 Å². The number of benzene rings is 3. The van der Waals surface area contributed by atoms with Crippen molar-refractivity contribution in [3.8, 4) is 16.9 Å². The second-order valence-electron chi connectivity index (χ2n) is 9.62. The zero-order valence-electron chi connectivity index (χ0n) is 20.0. The lowest BCUT2D eigenvalue weighted by molar-refractivity contribution is -0.152. The molecule has 3 aromatic rings. The number of ether oxygens (including phenoxy) is 1. The maximum atomic E-state index is 11.4. The highest BCUT2D eigenvalue weighted by atomic mass is 16.5. The lowest BCUT2D eigenvalue weighted by Crippen LogP contribution is -2.38. The zero-order valence-corrected chi connectivity index (χ0v) is 20.0. The molecule has 0 amide bonds. The van der Waals surface area contributed by atoms with Crippen LogP contribution in [0.4, 0.5) is 5.69 Å². The van der Waals surface area contributed by atoms with E-state index in [0.29, 0.717) is 11.7 Å². The minimum Gasteiger partial charge on any atom is -0.478 e. The average Bonchev–Trinajstić information content (AvgIpc) is 2.81. The number of anilines is 1. The highest BCUT2D eigenvalue weighted by Crippen LogP contribution is 2.34. The number of piperidine rings is 1. The molecule has 0 aromatic heterocycles. The zero-order chi connectivity index (χ0) is 23.6. The molecule has 4 nitrogen and oxygen atoms in total. The summed E-state index contributed by atoms with van der Waals surface area (Å²) < 4.78 is 5.78. The van der Waals surface area contributed by atoms with Crippen LogP contribution in [-0.2, 0) is 4.79 Å². The Bertz CT molecular complexity index is 1150. The second kappa shape index (κ2) is 9.30. The highest BCUT2D eigenvalue weighted by molar-refractivity contribution is 5.76. The van der Waals surface area contributed by atoms with Crippen molar-refractivity contribution in [1.29, 1.82) is 0 Å². The maximum Gasteiger partial charge on any atom is 0.347 e. The van der Waals surface area contributed by atoms with Crippen molar-refractivity contribution >= 4 is 11.7 Å². The number of aryl methyl sites for hydroxylation is 2. The first kappa shape index (κ1) is 22.9. The largest absolute Gasteiger partial charge is 0.478 e. The van der Waals surface area contributed by atoms with Gasteiger partial charge in [-0.1, -0.05) is 42.5 Å². The van der Waals surface area contributed by atoms with Crippen LogP contribution < -0.4 is 9.64 Å². The van der Waals surface area contributed by atoms with Crippen molar-refractivity contribution in [2.24, 2.45) is 0 Å². The number of carboxylic acids is 1. The van der Waals surface area contributed by atoms with Gasteiger partial charge in [0.25, 0.3) is 0 Å². The average molecular weight is 444 g/mol. The van der Waals surface area contributed by atoms with Gasteiger partial charge in [0.15, 0.2) is 5.60 Å². The number of carboxylic acid groups (broad SMARTS) is 1. The molecule has 4 heteroatoms. The summed E-state index contributed by atoms with van der Waals surface area (Å²) in [6, 6.07) is 23.4. The van der Waals surface area contributed by atoms with Gasteiger partial charge in [0.1, 0.15) is 5.75 Å². The molecular weight excluding hydrogens is 410 g/mol. The van der Waals surface area contributed by atoms with Crippen LogP contribution in [0.5, 0.6) is 5.75 Å². The van der Waals surface area contributed by atoms with Crippen LogP contribution in [-0.4, -0.2) is 29.8 Å². The third-order valence-corrected chi connectivity index (χ3v) is 6.69. The van der Waals surface area contributed by atoms with E-state index in [4.69, 9.17) is 4.74 Å². The number of hydrogen-bond donors (Lipinski definition) is 1. The minimum absolute atomic E-state index is 0.375. The van der Waals surface area contributed by atoms with E-state index in [1.165, 1.54) is 33.5 Å². The van der Waals surface area contributed by atoms with E-state index >= 15 is 0 Å². The molecule has 172 valence electrons. The molecule has 1 unspecified atom stereocenters. The van der Waals surface area contributed by atoms with Gasteiger partial charge in [-0.05, 0) is 92.6 Å². The van der Waals surface area contributed by atoms with Crippen molar-refractivity contribution < 1.29 is 14.6 Å². The number of nitrogens with zero attached hydrogens (tertiary/aromatic N) is 1. The Labute approximate surface area is 196 Å². The second-order valence-corrected chi connectivity index (χ2v) is 9.62. The maximum absolute atomic E-state index is 11.4. The van der Waals surface area contributed by atoms with Crippen LogP contribution in [0.2, 0.25) is 0 Å². The van der Waals surface area contributed by atoms with Gasteiger partial charge in [-0.2, -0.15) is 0 Å². The summed E-state index contributed by atoms with van der Waals surface area (Å²) in [6.07, 6.45) is 2.23. The van der Waals surface area contributed by atoms with Crippen molar-refractivity contribution in [2.75, 3.05) is 18.0 Å². The standard InChI is InChI=1S/C29H33NO3/c1-20-13-14-24(16-21(20)2)22-8-5-11-26(17-22)30-15-7-10-25(19-30)23-9-6-12-27(18-23)33-29(3,4)28(31)32/h5-6,8-9,11-14,16-18,25H,7,10,15,19H2,1-4H3,(H,31,32). The van der Waals surface area contributed by atoms with Crippen molar-refractivity contribution in [2.45, 2.75) is 52.1 Å². The quantitative estimate of drug-likeness (QED) is 0.466. The Balaban J connectivity index is 1.53. The first-order chi connectivity index (χ1) is 15.7. The van der Waals surface area contributed by atoms with E-state index in [1.807, 2.05) is 18.2 Å². The Morgan fingerprint density at radius 1 is 0.970 bits per heavy atom. The summed E-state index contributed by atoms with van der Waals surface area (Å²) in [6.45, 7) is 9.43. The predicted molar refractivity (Wildman–Crippen MR) is 134 cm³/mol. The Morgan fingerprint density at radius 3 is 2.48 bits per heavy atom. The molecule has 33 heavy (non-hydrogen) atoms. The van der Waals surface area contributed by atoms with Crippen molar-refractivity contribution in [1.82, 2.24) is 0 Å². The van der Waals surface area contributed by atoms with E-state index in [2.05, 4.69) is 67.3 Å². The molecule has 0 radical (unpaired) electrons. The Hall–Kier alpha value is -3.27. The van der Waals surface area contributed by atoms with Crippen LogP contribution in [0.1, 0.15) is 49.3 Å². The van der Waals surface area contributed by atoms with Gasteiger partial charge < -0.3 is 14.7 Å². The summed E-state index contributed by atoms with van der Waals surface area (Å²) in [5.41, 5.74) is 6.30. The summed E-state index contributed by atoms with van der Waals surface area (Å²) in [7, 11) is 0. The van der Waals surface area contributed by atoms with Crippen LogP contribution >= 0.6 is 0 Å². The predicted octanol–water partition coefficient (Wildman–Crippen LogP) is 6.60. The first-order valence-electron chi connectivity index (χ1n) is 11.7. The SMILES string of the molecule is Cc1ccc(-c2cccc(N3CCCC(c4cccc(OC(C)(C)C(=O)O)c4)C3)c2)cc1C. The first-order valence-corrected chi connectivity index (χ1v) is 11.7. The van der Waals surface area contributed by atoms with Gasteiger partial charge in [0, 0.05) is 24.7 Å². The third kappa shape index (κ3) is 5.22. The van der Waals surface area contributed by atoms with Gasteiger partial charge in [0.05, 0.1) is 0 Å². The smallest absolute Gasteiger partial charge is 0.347 e. The number of carbonyl (C=O) groups is 1. The van der Waals surface area contributed by atoms with Crippen molar-refractivity contribution in [3.63, 3.8) is 0 Å². The van der Waals surface area contributed by atoms with Gasteiger partial charge in [-0.15, -0.1) is 0 Å². The summed E-state index contributed by atoms with van der Waals surface area (Å²) in [5.74, 6) is 0.00896. The highest BCUT2D eigenvalue weighted by Gasteiger charge is 2.30. The topological polar surface area (TPSA) is 49.8 Å². The van der Waals surface area contributed by atoms with E-state index < -0.39 is 11.6 Å². The summed E-state index contributed by atoms with van der Waals surface area (Å²) in [4.78, 5) is 13.9. The molecule has 1 aliphatic rings. The van der Waals surface area contributed by atoms with Crippen LogP contribution in [0.25, 0.3) is 11.1 Å². The number of aliphatic carboxylic acids is 1. The van der Waals surface area contributed by atoms with Gasteiger partial charge in [-0.25, -0.2) is 4.79 Å². The molecule has 0 bridgehead atoms. The van der Waals surface area contributed by atoms with E-state index in [0.717, 1.165) is 25.9 Å². The van der Waals surface area contributed by atoms with Crippen LogP contribution in [0, 0.1) is 13.8 Å². The molecule has 1 saturated heterocycles.